The standard InChI is InChI=1S/C29H55O8P/c1-3-4-5-6-7-8-9-10-11-12-13-14-15-16-17-18-19-20-21-22-23-24-29(31)37-28(25-35-27(2)30)26-36-38(32,33)34/h12-13,28H,3-11,14-26H2,1-2H3,(H2,32,33,34)/b13-12-. The highest BCUT2D eigenvalue weighted by molar-refractivity contribution is 7.46. The second-order valence-corrected chi connectivity index (χ2v) is 11.4. The van der Waals surface area contributed by atoms with E-state index in [1.165, 1.54) is 103 Å². The van der Waals surface area contributed by atoms with Crippen LogP contribution in [0.15, 0.2) is 12.2 Å². The Balaban J connectivity index is 3.56. The Morgan fingerprint density at radius 1 is 0.711 bits per heavy atom. The largest absolute Gasteiger partial charge is 0.469 e. The second kappa shape index (κ2) is 26.0. The van der Waals surface area contributed by atoms with E-state index in [-0.39, 0.29) is 13.0 Å². The van der Waals surface area contributed by atoms with E-state index in [1.807, 2.05) is 0 Å². The maximum atomic E-state index is 12.0. The molecule has 9 heteroatoms. The summed E-state index contributed by atoms with van der Waals surface area (Å²) < 4.78 is 25.1. The average molecular weight is 563 g/mol. The molecule has 8 nitrogen and oxygen atoms in total. The summed E-state index contributed by atoms with van der Waals surface area (Å²) in [5.41, 5.74) is 0. The number of ether oxygens (including phenoxy) is 2. The number of hydrogen-bond acceptors (Lipinski definition) is 6. The Morgan fingerprint density at radius 2 is 1.16 bits per heavy atom. The van der Waals surface area contributed by atoms with Crippen LogP contribution < -0.4 is 0 Å². The second-order valence-electron chi connectivity index (χ2n) is 10.2. The maximum absolute atomic E-state index is 12.0. The molecule has 0 heterocycles. The summed E-state index contributed by atoms with van der Waals surface area (Å²) in [5.74, 6) is -1.08. The Kier molecular flexibility index (Phi) is 25.2. The summed E-state index contributed by atoms with van der Waals surface area (Å²) in [6, 6.07) is 0. The molecule has 0 aliphatic rings. The first kappa shape index (κ1) is 36.8. The molecule has 0 rings (SSSR count). The van der Waals surface area contributed by atoms with Crippen molar-refractivity contribution in [2.75, 3.05) is 13.2 Å². The highest BCUT2D eigenvalue weighted by Crippen LogP contribution is 2.35. The Bertz CT molecular complexity index is 646. The summed E-state index contributed by atoms with van der Waals surface area (Å²) in [6.45, 7) is 2.61. The fourth-order valence-corrected chi connectivity index (χ4v) is 4.51. The highest BCUT2D eigenvalue weighted by atomic mass is 31.2. The number of carbonyl (C=O) groups excluding carboxylic acids is 2. The minimum atomic E-state index is -4.70. The number of phosphoric ester groups is 1. The van der Waals surface area contributed by atoms with Crippen molar-refractivity contribution >= 4 is 19.8 Å². The third-order valence-electron chi connectivity index (χ3n) is 6.34. The van der Waals surface area contributed by atoms with Crippen LogP contribution in [-0.2, 0) is 28.2 Å². The Morgan fingerprint density at radius 3 is 1.61 bits per heavy atom. The van der Waals surface area contributed by atoms with E-state index in [0.29, 0.717) is 6.42 Å². The van der Waals surface area contributed by atoms with Crippen LogP contribution in [0.1, 0.15) is 142 Å². The molecule has 2 N–H and O–H groups in total. The van der Waals surface area contributed by atoms with E-state index >= 15 is 0 Å². The SMILES string of the molecule is CCCCCCCCCC/C=C\CCCCCCCCCCCC(=O)OC(COC(C)=O)COP(=O)(O)O. The van der Waals surface area contributed by atoms with Gasteiger partial charge in [-0.15, -0.1) is 0 Å². The van der Waals surface area contributed by atoms with Gasteiger partial charge in [0.1, 0.15) is 6.61 Å². The van der Waals surface area contributed by atoms with E-state index in [1.54, 1.807) is 0 Å². The number of unbranched alkanes of at least 4 members (excludes halogenated alkanes) is 17. The van der Waals surface area contributed by atoms with Crippen molar-refractivity contribution in [3.8, 4) is 0 Å². The monoisotopic (exact) mass is 562 g/mol. The number of rotatable bonds is 27. The lowest BCUT2D eigenvalue weighted by Crippen LogP contribution is -2.29. The topological polar surface area (TPSA) is 119 Å². The van der Waals surface area contributed by atoms with Crippen LogP contribution in [0.25, 0.3) is 0 Å². The van der Waals surface area contributed by atoms with Gasteiger partial charge in [-0.25, -0.2) is 4.57 Å². The zero-order valence-electron chi connectivity index (χ0n) is 24.1. The molecule has 0 saturated heterocycles. The fourth-order valence-electron chi connectivity index (χ4n) is 4.15. The van der Waals surface area contributed by atoms with Crippen LogP contribution in [0.5, 0.6) is 0 Å². The van der Waals surface area contributed by atoms with E-state index in [4.69, 9.17) is 19.3 Å². The van der Waals surface area contributed by atoms with Crippen molar-refractivity contribution in [3.05, 3.63) is 12.2 Å². The molecule has 0 fully saturated rings. The van der Waals surface area contributed by atoms with Gasteiger partial charge in [-0.3, -0.25) is 14.1 Å². The summed E-state index contributed by atoms with van der Waals surface area (Å²) >= 11 is 0. The molecule has 0 radical (unpaired) electrons. The number of allylic oxidation sites excluding steroid dienone is 2. The lowest BCUT2D eigenvalue weighted by Gasteiger charge is -2.18. The van der Waals surface area contributed by atoms with Crippen molar-refractivity contribution in [2.24, 2.45) is 0 Å². The minimum absolute atomic E-state index is 0.207. The molecule has 0 aliphatic heterocycles. The van der Waals surface area contributed by atoms with Gasteiger partial charge in [0.15, 0.2) is 6.10 Å². The predicted molar refractivity (Wildman–Crippen MR) is 152 cm³/mol. The van der Waals surface area contributed by atoms with Gasteiger partial charge in [-0.1, -0.05) is 109 Å². The lowest BCUT2D eigenvalue weighted by molar-refractivity contribution is -0.160. The van der Waals surface area contributed by atoms with Crippen LogP contribution in [-0.4, -0.2) is 41.0 Å². The third kappa shape index (κ3) is 29.3. The summed E-state index contributed by atoms with van der Waals surface area (Å²) in [6.07, 6.45) is 27.4. The molecule has 0 saturated carbocycles. The first-order valence-corrected chi connectivity index (χ1v) is 16.5. The van der Waals surface area contributed by atoms with Crippen molar-refractivity contribution < 1.29 is 37.9 Å². The van der Waals surface area contributed by atoms with Gasteiger partial charge in [-0.05, 0) is 32.1 Å². The average Bonchev–Trinajstić information content (AvgIpc) is 2.86. The van der Waals surface area contributed by atoms with Gasteiger partial charge >= 0.3 is 19.8 Å². The normalized spacial score (nSPS) is 12.6. The molecule has 0 amide bonds. The van der Waals surface area contributed by atoms with Crippen LogP contribution in [0, 0.1) is 0 Å². The van der Waals surface area contributed by atoms with Crippen LogP contribution in [0.2, 0.25) is 0 Å². The summed E-state index contributed by atoms with van der Waals surface area (Å²) in [7, 11) is -4.70. The van der Waals surface area contributed by atoms with E-state index < -0.39 is 32.5 Å². The van der Waals surface area contributed by atoms with Crippen LogP contribution in [0.3, 0.4) is 0 Å². The first-order chi connectivity index (χ1) is 18.2. The predicted octanol–water partition coefficient (Wildman–Crippen LogP) is 7.95. The molecule has 38 heavy (non-hydrogen) atoms. The molecular weight excluding hydrogens is 507 g/mol. The molecular formula is C29H55O8P. The number of carbonyl (C=O) groups is 2. The van der Waals surface area contributed by atoms with Gasteiger partial charge in [0.2, 0.25) is 0 Å². The number of esters is 2. The Hall–Kier alpha value is -1.21. The number of phosphoric acid groups is 1. The zero-order chi connectivity index (χ0) is 28.3. The molecule has 0 aromatic heterocycles. The first-order valence-electron chi connectivity index (χ1n) is 14.9. The van der Waals surface area contributed by atoms with E-state index in [2.05, 4.69) is 23.6 Å². The van der Waals surface area contributed by atoms with Crippen LogP contribution in [0.4, 0.5) is 0 Å². The van der Waals surface area contributed by atoms with Gasteiger partial charge in [0.05, 0.1) is 6.61 Å². The van der Waals surface area contributed by atoms with Crippen molar-refractivity contribution in [2.45, 2.75) is 148 Å². The molecule has 0 bridgehead atoms. The van der Waals surface area contributed by atoms with E-state index in [9.17, 15) is 14.2 Å². The molecule has 1 unspecified atom stereocenters. The molecule has 0 aliphatic carbocycles. The summed E-state index contributed by atoms with van der Waals surface area (Å²) in [4.78, 5) is 40.6. The Labute approximate surface area is 231 Å². The molecule has 224 valence electrons. The fraction of sp³-hybridized carbons (Fsp3) is 0.862. The van der Waals surface area contributed by atoms with Gasteiger partial charge < -0.3 is 19.3 Å². The zero-order valence-corrected chi connectivity index (χ0v) is 25.0. The maximum Gasteiger partial charge on any atom is 0.469 e. The number of hydrogen-bond donors (Lipinski definition) is 2. The van der Waals surface area contributed by atoms with Gasteiger partial charge in [-0.2, -0.15) is 0 Å². The lowest BCUT2D eigenvalue weighted by atomic mass is 10.1. The molecule has 0 aromatic carbocycles. The van der Waals surface area contributed by atoms with E-state index in [0.717, 1.165) is 19.3 Å². The quantitative estimate of drug-likeness (QED) is 0.0448. The van der Waals surface area contributed by atoms with Crippen molar-refractivity contribution in [1.29, 1.82) is 0 Å². The molecule has 0 spiro atoms. The highest BCUT2D eigenvalue weighted by Gasteiger charge is 2.22. The molecule has 0 aromatic rings. The van der Waals surface area contributed by atoms with Gasteiger partial charge in [0.25, 0.3) is 0 Å². The molecule has 1 atom stereocenters. The minimum Gasteiger partial charge on any atom is -0.462 e. The van der Waals surface area contributed by atoms with Crippen molar-refractivity contribution in [1.82, 2.24) is 0 Å². The smallest absolute Gasteiger partial charge is 0.462 e. The van der Waals surface area contributed by atoms with Crippen LogP contribution >= 0.6 is 7.82 Å². The summed E-state index contributed by atoms with van der Waals surface area (Å²) in [5, 5.41) is 0. The third-order valence-corrected chi connectivity index (χ3v) is 6.83. The van der Waals surface area contributed by atoms with Gasteiger partial charge in [0, 0.05) is 13.3 Å². The van der Waals surface area contributed by atoms with Crippen molar-refractivity contribution in [3.63, 3.8) is 0 Å².